The van der Waals surface area contributed by atoms with Crippen LogP contribution in [0.25, 0.3) is 0 Å². The Labute approximate surface area is 132 Å². The molecule has 1 saturated carbocycles. The van der Waals surface area contributed by atoms with Crippen molar-refractivity contribution in [2.24, 2.45) is 11.7 Å². The molecule has 0 heterocycles. The predicted molar refractivity (Wildman–Crippen MR) is 90.1 cm³/mol. The number of carbonyl (C=O) groups is 1. The summed E-state index contributed by atoms with van der Waals surface area (Å²) in [5, 5.41) is 3.12. The molecule has 1 amide bonds. The van der Waals surface area contributed by atoms with Crippen LogP contribution in [0.2, 0.25) is 0 Å². The van der Waals surface area contributed by atoms with Crippen molar-refractivity contribution in [2.45, 2.75) is 51.0 Å². The van der Waals surface area contributed by atoms with Crippen LogP contribution in [0.1, 0.15) is 50.5 Å². The number of amides is 1. The normalized spacial score (nSPS) is 18.7. The van der Waals surface area contributed by atoms with Crippen molar-refractivity contribution in [1.29, 1.82) is 0 Å². The molecule has 1 aliphatic carbocycles. The van der Waals surface area contributed by atoms with Crippen LogP contribution in [0.4, 0.5) is 0 Å². The number of carbonyl (C=O) groups excluding carboxylic acids is 1. The molecule has 0 spiro atoms. The Kier molecular flexibility index (Phi) is 5.74. The van der Waals surface area contributed by atoms with E-state index in [0.717, 1.165) is 5.56 Å². The standard InChI is InChI=1S/C17H24N2OS/c1-12(13-8-4-2-5-9-13)19-17(20)15(16(18)21)14-10-6-3-7-11-14/h3,6-7,10-13,15H,2,4-5,8-9H2,1H3,(H2,18,21)(H,19,20). The van der Waals surface area contributed by atoms with Crippen LogP contribution in [-0.4, -0.2) is 16.9 Å². The molecule has 114 valence electrons. The van der Waals surface area contributed by atoms with Gasteiger partial charge in [0, 0.05) is 6.04 Å². The van der Waals surface area contributed by atoms with Crippen molar-refractivity contribution in [3.63, 3.8) is 0 Å². The van der Waals surface area contributed by atoms with Gasteiger partial charge in [-0.25, -0.2) is 0 Å². The fourth-order valence-electron chi connectivity index (χ4n) is 3.15. The van der Waals surface area contributed by atoms with Gasteiger partial charge in [-0.05, 0) is 31.2 Å². The number of rotatable bonds is 5. The average molecular weight is 304 g/mol. The minimum Gasteiger partial charge on any atom is -0.392 e. The van der Waals surface area contributed by atoms with Gasteiger partial charge in [-0.1, -0.05) is 61.8 Å². The van der Waals surface area contributed by atoms with Gasteiger partial charge in [0.05, 0.1) is 4.99 Å². The van der Waals surface area contributed by atoms with Gasteiger partial charge < -0.3 is 11.1 Å². The Bertz CT molecular complexity index is 483. The first kappa shape index (κ1) is 16.0. The molecular weight excluding hydrogens is 280 g/mol. The van der Waals surface area contributed by atoms with Crippen LogP contribution in [0, 0.1) is 5.92 Å². The first-order chi connectivity index (χ1) is 10.1. The third kappa shape index (κ3) is 4.27. The maximum absolute atomic E-state index is 12.6. The Morgan fingerprint density at radius 2 is 1.86 bits per heavy atom. The predicted octanol–water partition coefficient (Wildman–Crippen LogP) is 3.14. The zero-order chi connectivity index (χ0) is 15.2. The van der Waals surface area contributed by atoms with Gasteiger partial charge in [0.2, 0.25) is 5.91 Å². The van der Waals surface area contributed by atoms with E-state index in [1.807, 2.05) is 30.3 Å². The maximum atomic E-state index is 12.6. The van der Waals surface area contributed by atoms with E-state index in [4.69, 9.17) is 18.0 Å². The summed E-state index contributed by atoms with van der Waals surface area (Å²) in [5.74, 6) is -0.0375. The number of nitrogens with one attached hydrogen (secondary N) is 1. The van der Waals surface area contributed by atoms with Crippen LogP contribution in [0.15, 0.2) is 30.3 Å². The van der Waals surface area contributed by atoms with E-state index in [1.165, 1.54) is 32.1 Å². The lowest BCUT2D eigenvalue weighted by molar-refractivity contribution is -0.122. The van der Waals surface area contributed by atoms with Gasteiger partial charge in [-0.2, -0.15) is 0 Å². The summed E-state index contributed by atoms with van der Waals surface area (Å²) < 4.78 is 0. The topological polar surface area (TPSA) is 55.1 Å². The quantitative estimate of drug-likeness (QED) is 0.822. The Balaban J connectivity index is 2.03. The molecule has 1 aromatic rings. The Hall–Kier alpha value is -1.42. The summed E-state index contributed by atoms with van der Waals surface area (Å²) in [7, 11) is 0. The molecule has 3 nitrogen and oxygen atoms in total. The molecule has 21 heavy (non-hydrogen) atoms. The van der Waals surface area contributed by atoms with E-state index in [-0.39, 0.29) is 16.9 Å². The molecule has 2 rings (SSSR count). The number of nitrogens with two attached hydrogens (primary N) is 1. The molecule has 0 aliphatic heterocycles. The summed E-state index contributed by atoms with van der Waals surface area (Å²) in [6.45, 7) is 2.09. The summed E-state index contributed by atoms with van der Waals surface area (Å²) in [4.78, 5) is 12.8. The van der Waals surface area contributed by atoms with Crippen LogP contribution in [-0.2, 0) is 4.79 Å². The number of hydrogen-bond acceptors (Lipinski definition) is 2. The van der Waals surface area contributed by atoms with Crippen molar-refractivity contribution in [3.8, 4) is 0 Å². The van der Waals surface area contributed by atoms with E-state index in [9.17, 15) is 4.79 Å². The largest absolute Gasteiger partial charge is 0.392 e. The monoisotopic (exact) mass is 304 g/mol. The Morgan fingerprint density at radius 3 is 2.43 bits per heavy atom. The summed E-state index contributed by atoms with van der Waals surface area (Å²) in [6.07, 6.45) is 6.25. The molecule has 0 aromatic heterocycles. The smallest absolute Gasteiger partial charge is 0.234 e. The minimum atomic E-state index is -0.535. The third-order valence-corrected chi connectivity index (χ3v) is 4.64. The lowest BCUT2D eigenvalue weighted by Gasteiger charge is -2.29. The summed E-state index contributed by atoms with van der Waals surface area (Å²) >= 11 is 5.10. The van der Waals surface area contributed by atoms with Gasteiger partial charge in [-0.15, -0.1) is 0 Å². The zero-order valence-corrected chi connectivity index (χ0v) is 13.4. The molecule has 0 bridgehead atoms. The zero-order valence-electron chi connectivity index (χ0n) is 12.5. The third-order valence-electron chi connectivity index (χ3n) is 4.41. The van der Waals surface area contributed by atoms with Gasteiger partial charge in [-0.3, -0.25) is 4.79 Å². The first-order valence-electron chi connectivity index (χ1n) is 7.74. The van der Waals surface area contributed by atoms with Crippen LogP contribution >= 0.6 is 12.2 Å². The van der Waals surface area contributed by atoms with Crippen LogP contribution in [0.3, 0.4) is 0 Å². The second-order valence-corrected chi connectivity index (χ2v) is 6.41. The fourth-order valence-corrected chi connectivity index (χ4v) is 3.39. The molecule has 2 atom stereocenters. The van der Waals surface area contributed by atoms with E-state index in [2.05, 4.69) is 12.2 Å². The van der Waals surface area contributed by atoms with Crippen molar-refractivity contribution in [3.05, 3.63) is 35.9 Å². The van der Waals surface area contributed by atoms with Crippen molar-refractivity contribution >= 4 is 23.1 Å². The van der Waals surface area contributed by atoms with E-state index >= 15 is 0 Å². The van der Waals surface area contributed by atoms with E-state index in [1.54, 1.807) is 0 Å². The lowest BCUT2D eigenvalue weighted by atomic mass is 9.84. The highest BCUT2D eigenvalue weighted by molar-refractivity contribution is 7.80. The van der Waals surface area contributed by atoms with Gasteiger partial charge in [0.1, 0.15) is 5.92 Å². The highest BCUT2D eigenvalue weighted by Crippen LogP contribution is 2.27. The fraction of sp³-hybridized carbons (Fsp3) is 0.529. The minimum absolute atomic E-state index is 0.0771. The van der Waals surface area contributed by atoms with Crippen LogP contribution < -0.4 is 11.1 Å². The summed E-state index contributed by atoms with van der Waals surface area (Å²) in [6, 6.07) is 9.70. The molecule has 0 radical (unpaired) electrons. The van der Waals surface area contributed by atoms with Gasteiger partial charge in [0.25, 0.3) is 0 Å². The molecule has 1 fully saturated rings. The highest BCUT2D eigenvalue weighted by Gasteiger charge is 2.27. The number of thiocarbonyl (C=S) groups is 1. The molecule has 3 N–H and O–H groups in total. The van der Waals surface area contributed by atoms with Crippen molar-refractivity contribution in [1.82, 2.24) is 5.32 Å². The average Bonchev–Trinajstić information content (AvgIpc) is 2.49. The maximum Gasteiger partial charge on any atom is 0.234 e. The molecular formula is C17H24N2OS. The van der Waals surface area contributed by atoms with Crippen molar-refractivity contribution in [2.75, 3.05) is 0 Å². The summed E-state index contributed by atoms with van der Waals surface area (Å²) in [5.41, 5.74) is 6.65. The highest BCUT2D eigenvalue weighted by atomic mass is 32.1. The molecule has 4 heteroatoms. The molecule has 2 unspecified atom stereocenters. The number of hydrogen-bond donors (Lipinski definition) is 2. The van der Waals surface area contributed by atoms with E-state index < -0.39 is 5.92 Å². The van der Waals surface area contributed by atoms with Crippen LogP contribution in [0.5, 0.6) is 0 Å². The van der Waals surface area contributed by atoms with Crippen molar-refractivity contribution < 1.29 is 4.79 Å². The van der Waals surface area contributed by atoms with E-state index in [0.29, 0.717) is 5.92 Å². The molecule has 0 saturated heterocycles. The first-order valence-corrected chi connectivity index (χ1v) is 8.15. The molecule has 1 aliphatic rings. The lowest BCUT2D eigenvalue weighted by Crippen LogP contribution is -2.44. The molecule has 1 aromatic carbocycles. The second-order valence-electron chi connectivity index (χ2n) is 5.94. The van der Waals surface area contributed by atoms with Gasteiger partial charge >= 0.3 is 0 Å². The second kappa shape index (κ2) is 7.55. The SMILES string of the molecule is CC(NC(=O)C(C(N)=S)c1ccccc1)C1CCCCC1. The Morgan fingerprint density at radius 1 is 1.24 bits per heavy atom. The van der Waals surface area contributed by atoms with Gasteiger partial charge in [0.15, 0.2) is 0 Å². The number of benzene rings is 1.